The van der Waals surface area contributed by atoms with Crippen LogP contribution in [0.4, 0.5) is 5.69 Å². The molecule has 21 heavy (non-hydrogen) atoms. The van der Waals surface area contributed by atoms with E-state index < -0.39 is 0 Å². The van der Waals surface area contributed by atoms with Gasteiger partial charge in [0.2, 0.25) is 5.56 Å². The lowest BCUT2D eigenvalue weighted by molar-refractivity contribution is 0.605. The van der Waals surface area contributed by atoms with Crippen molar-refractivity contribution in [1.29, 1.82) is 0 Å². The molecule has 0 amide bonds. The first-order valence-electron chi connectivity index (χ1n) is 7.69. The van der Waals surface area contributed by atoms with E-state index in [2.05, 4.69) is 36.5 Å². The molecule has 0 spiro atoms. The van der Waals surface area contributed by atoms with Crippen molar-refractivity contribution in [2.24, 2.45) is 7.05 Å². The molecule has 1 unspecified atom stereocenters. The van der Waals surface area contributed by atoms with Gasteiger partial charge in [0.1, 0.15) is 0 Å². The van der Waals surface area contributed by atoms with Crippen molar-refractivity contribution < 1.29 is 0 Å². The van der Waals surface area contributed by atoms with Gasteiger partial charge in [0.05, 0.1) is 11.7 Å². The van der Waals surface area contributed by atoms with E-state index in [-0.39, 0.29) is 11.6 Å². The summed E-state index contributed by atoms with van der Waals surface area (Å²) in [5, 5.41) is 3.56. The quantitative estimate of drug-likeness (QED) is 0.776. The van der Waals surface area contributed by atoms with Crippen LogP contribution >= 0.6 is 0 Å². The fraction of sp³-hybridized carbons (Fsp3) is 0.389. The van der Waals surface area contributed by atoms with Crippen LogP contribution in [0.15, 0.2) is 53.5 Å². The Morgan fingerprint density at radius 1 is 1.10 bits per heavy atom. The van der Waals surface area contributed by atoms with Gasteiger partial charge in [-0.3, -0.25) is 4.79 Å². The van der Waals surface area contributed by atoms with Gasteiger partial charge in [0, 0.05) is 19.3 Å². The third-order valence-electron chi connectivity index (χ3n) is 3.73. The van der Waals surface area contributed by atoms with Crippen LogP contribution in [-0.4, -0.2) is 4.57 Å². The molecule has 0 fully saturated rings. The van der Waals surface area contributed by atoms with E-state index in [0.29, 0.717) is 0 Å². The number of aryl methyl sites for hydroxylation is 1. The largest absolute Gasteiger partial charge is 0.377 e. The summed E-state index contributed by atoms with van der Waals surface area (Å²) in [5.74, 6) is 0. The molecule has 0 aliphatic carbocycles. The molecule has 1 N–H and O–H groups in total. The second-order valence-corrected chi connectivity index (χ2v) is 5.47. The van der Waals surface area contributed by atoms with E-state index in [1.807, 2.05) is 18.3 Å². The third kappa shape index (κ3) is 4.48. The Morgan fingerprint density at radius 3 is 2.52 bits per heavy atom. The predicted molar refractivity (Wildman–Crippen MR) is 88.6 cm³/mol. The molecule has 0 aliphatic rings. The molecule has 1 aromatic heterocycles. The summed E-state index contributed by atoms with van der Waals surface area (Å²) < 4.78 is 1.61. The Kier molecular flexibility index (Phi) is 5.61. The minimum atomic E-state index is 0.0165. The lowest BCUT2D eigenvalue weighted by Gasteiger charge is -2.20. The smallest absolute Gasteiger partial charge is 0.250 e. The zero-order valence-electron chi connectivity index (χ0n) is 12.9. The average molecular weight is 284 g/mol. The highest BCUT2D eigenvalue weighted by Crippen LogP contribution is 2.24. The van der Waals surface area contributed by atoms with Gasteiger partial charge < -0.3 is 9.88 Å². The van der Waals surface area contributed by atoms with E-state index in [0.717, 1.165) is 12.1 Å². The zero-order chi connectivity index (χ0) is 15.1. The van der Waals surface area contributed by atoms with Crippen molar-refractivity contribution in [2.75, 3.05) is 5.32 Å². The van der Waals surface area contributed by atoms with Crippen molar-refractivity contribution in [3.63, 3.8) is 0 Å². The van der Waals surface area contributed by atoms with Gasteiger partial charge in [-0.15, -0.1) is 0 Å². The average Bonchev–Trinajstić information content (AvgIpc) is 2.51. The monoisotopic (exact) mass is 284 g/mol. The molecular weight excluding hydrogens is 260 g/mol. The first kappa shape index (κ1) is 15.4. The van der Waals surface area contributed by atoms with Crippen molar-refractivity contribution in [2.45, 2.75) is 38.6 Å². The molecule has 1 atom stereocenters. The highest BCUT2D eigenvalue weighted by Gasteiger charge is 2.11. The van der Waals surface area contributed by atoms with Gasteiger partial charge in [-0.25, -0.2) is 0 Å². The van der Waals surface area contributed by atoms with Crippen LogP contribution in [0.1, 0.15) is 44.2 Å². The van der Waals surface area contributed by atoms with Gasteiger partial charge in [0.25, 0.3) is 0 Å². The number of rotatable bonds is 7. The second-order valence-electron chi connectivity index (χ2n) is 5.47. The molecule has 1 heterocycles. The Bertz CT molecular complexity index is 604. The lowest BCUT2D eigenvalue weighted by atomic mass is 10.0. The molecule has 3 nitrogen and oxygen atoms in total. The highest BCUT2D eigenvalue weighted by atomic mass is 16.1. The maximum atomic E-state index is 11.5. The van der Waals surface area contributed by atoms with Crippen molar-refractivity contribution in [3.05, 3.63) is 64.6 Å². The maximum Gasteiger partial charge on any atom is 0.250 e. The number of pyridine rings is 1. The number of unbranched alkanes of at least 4 members (excludes halogenated alkanes) is 2. The van der Waals surface area contributed by atoms with Crippen molar-refractivity contribution in [3.8, 4) is 0 Å². The summed E-state index contributed by atoms with van der Waals surface area (Å²) in [4.78, 5) is 11.5. The predicted octanol–water partition coefficient (Wildman–Crippen LogP) is 4.12. The Morgan fingerprint density at radius 2 is 1.86 bits per heavy atom. The van der Waals surface area contributed by atoms with E-state index in [9.17, 15) is 4.79 Å². The molecule has 112 valence electrons. The van der Waals surface area contributed by atoms with Crippen molar-refractivity contribution in [1.82, 2.24) is 4.57 Å². The SMILES string of the molecule is CCCCCC(Nc1ccc(=O)n(C)c1)c1ccccc1. The van der Waals surface area contributed by atoms with E-state index in [1.54, 1.807) is 17.7 Å². The number of aromatic nitrogens is 1. The Hall–Kier alpha value is -2.03. The Labute approximate surface area is 126 Å². The summed E-state index contributed by atoms with van der Waals surface area (Å²) in [5.41, 5.74) is 2.30. The molecule has 0 saturated heterocycles. The second kappa shape index (κ2) is 7.67. The molecule has 0 radical (unpaired) electrons. The van der Waals surface area contributed by atoms with Crippen LogP contribution in [-0.2, 0) is 7.05 Å². The van der Waals surface area contributed by atoms with Crippen LogP contribution in [0, 0.1) is 0 Å². The molecular formula is C18H24N2O. The van der Waals surface area contributed by atoms with Gasteiger partial charge in [-0.1, -0.05) is 56.5 Å². The fourth-order valence-corrected chi connectivity index (χ4v) is 2.49. The highest BCUT2D eigenvalue weighted by molar-refractivity contribution is 5.43. The molecule has 2 rings (SSSR count). The van der Waals surface area contributed by atoms with Crippen LogP contribution in [0.5, 0.6) is 0 Å². The summed E-state index contributed by atoms with van der Waals surface area (Å²) in [6, 6.07) is 14.3. The van der Waals surface area contributed by atoms with Crippen molar-refractivity contribution >= 4 is 5.69 Å². The molecule has 0 bridgehead atoms. The normalized spacial score (nSPS) is 12.1. The first-order valence-corrected chi connectivity index (χ1v) is 7.69. The van der Waals surface area contributed by atoms with Gasteiger partial charge in [-0.05, 0) is 18.1 Å². The van der Waals surface area contributed by atoms with Gasteiger partial charge in [-0.2, -0.15) is 0 Å². The van der Waals surface area contributed by atoms with Crippen LogP contribution in [0.3, 0.4) is 0 Å². The number of hydrogen-bond acceptors (Lipinski definition) is 2. The summed E-state index contributed by atoms with van der Waals surface area (Å²) in [7, 11) is 1.78. The first-order chi connectivity index (χ1) is 10.2. The minimum absolute atomic E-state index is 0.0165. The maximum absolute atomic E-state index is 11.5. The summed E-state index contributed by atoms with van der Waals surface area (Å²) in [6.45, 7) is 2.22. The van der Waals surface area contributed by atoms with Gasteiger partial charge in [0.15, 0.2) is 0 Å². The number of benzene rings is 1. The standard InChI is InChI=1S/C18H24N2O/c1-3-4-6-11-17(15-9-7-5-8-10-15)19-16-12-13-18(21)20(2)14-16/h5,7-10,12-14,17,19H,3-4,6,11H2,1-2H3. The number of nitrogens with zero attached hydrogens (tertiary/aromatic N) is 1. The third-order valence-corrected chi connectivity index (χ3v) is 3.73. The minimum Gasteiger partial charge on any atom is -0.377 e. The summed E-state index contributed by atoms with van der Waals surface area (Å²) in [6.07, 6.45) is 6.63. The van der Waals surface area contributed by atoms with Crippen LogP contribution in [0.25, 0.3) is 0 Å². The topological polar surface area (TPSA) is 34.0 Å². The molecule has 0 saturated carbocycles. The Balaban J connectivity index is 2.14. The number of anilines is 1. The lowest BCUT2D eigenvalue weighted by Crippen LogP contribution is -2.17. The van der Waals surface area contributed by atoms with E-state index >= 15 is 0 Å². The zero-order valence-corrected chi connectivity index (χ0v) is 12.9. The van der Waals surface area contributed by atoms with E-state index in [4.69, 9.17) is 0 Å². The fourth-order valence-electron chi connectivity index (χ4n) is 2.49. The molecule has 0 aliphatic heterocycles. The van der Waals surface area contributed by atoms with Crippen LogP contribution < -0.4 is 10.9 Å². The summed E-state index contributed by atoms with van der Waals surface area (Å²) >= 11 is 0. The molecule has 2 aromatic rings. The number of nitrogens with one attached hydrogen (secondary N) is 1. The van der Waals surface area contributed by atoms with E-state index in [1.165, 1.54) is 24.8 Å². The van der Waals surface area contributed by atoms with Gasteiger partial charge >= 0.3 is 0 Å². The molecule has 3 heteroatoms. The number of hydrogen-bond donors (Lipinski definition) is 1. The molecule has 1 aromatic carbocycles. The van der Waals surface area contributed by atoms with Crippen LogP contribution in [0.2, 0.25) is 0 Å².